The van der Waals surface area contributed by atoms with Crippen LogP contribution < -0.4 is 10.6 Å². The molecule has 0 radical (unpaired) electrons. The molecule has 0 atom stereocenters. The predicted octanol–water partition coefficient (Wildman–Crippen LogP) is 5.19. The summed E-state index contributed by atoms with van der Waals surface area (Å²) in [5.41, 5.74) is 4.11. The van der Waals surface area contributed by atoms with E-state index in [0.29, 0.717) is 34.0 Å². The molecule has 0 unspecified atom stereocenters. The van der Waals surface area contributed by atoms with Crippen LogP contribution in [0, 0.1) is 6.92 Å². The van der Waals surface area contributed by atoms with Crippen molar-refractivity contribution < 1.29 is 18.7 Å². The fraction of sp³-hybridized carbons (Fsp3) is 0.125. The highest BCUT2D eigenvalue weighted by atomic mass is 32.1. The first-order valence-corrected chi connectivity index (χ1v) is 10.4. The van der Waals surface area contributed by atoms with Crippen molar-refractivity contribution in [2.24, 2.45) is 0 Å². The van der Waals surface area contributed by atoms with Crippen LogP contribution in [-0.4, -0.2) is 21.1 Å². The predicted molar refractivity (Wildman–Crippen MR) is 127 cm³/mol. The van der Waals surface area contributed by atoms with E-state index < -0.39 is 5.91 Å². The van der Waals surface area contributed by atoms with E-state index in [-0.39, 0.29) is 10.9 Å². The molecule has 0 saturated heterocycles. The molecule has 2 heterocycles. The number of amides is 1. The standard InChI is InChI=1S/C24H21N3O4S/c1-3-15-6-8-20-19(12-15)26-23(31-20)18-13-16(11-14(2)22(18)29)25-24(32)27-21(28)9-7-17-5-4-10-30-17/h4-13,29H,3H2,1-2H3,(H2,25,27,28,32). The lowest BCUT2D eigenvalue weighted by Gasteiger charge is -2.12. The van der Waals surface area contributed by atoms with Gasteiger partial charge in [-0.3, -0.25) is 10.1 Å². The molecule has 0 aliphatic heterocycles. The molecule has 8 heteroatoms. The third-order valence-corrected chi connectivity index (χ3v) is 5.03. The number of hydrogen-bond acceptors (Lipinski definition) is 6. The minimum Gasteiger partial charge on any atom is -0.507 e. The molecule has 1 amide bonds. The normalized spacial score (nSPS) is 11.2. The molecule has 0 fully saturated rings. The minimum atomic E-state index is -0.402. The van der Waals surface area contributed by atoms with Crippen LogP contribution >= 0.6 is 12.2 Å². The van der Waals surface area contributed by atoms with Gasteiger partial charge in [0.1, 0.15) is 17.0 Å². The smallest absolute Gasteiger partial charge is 0.250 e. The van der Waals surface area contributed by atoms with Crippen molar-refractivity contribution in [1.82, 2.24) is 10.3 Å². The molecule has 0 spiro atoms. The number of phenols is 1. The monoisotopic (exact) mass is 447 g/mol. The third kappa shape index (κ3) is 4.70. The zero-order valence-electron chi connectivity index (χ0n) is 17.5. The highest BCUT2D eigenvalue weighted by molar-refractivity contribution is 7.80. The highest BCUT2D eigenvalue weighted by Gasteiger charge is 2.16. The Hall–Kier alpha value is -3.91. The molecule has 4 rings (SSSR count). The van der Waals surface area contributed by atoms with Crippen LogP contribution in [0.5, 0.6) is 5.75 Å². The van der Waals surface area contributed by atoms with Crippen LogP contribution in [0.2, 0.25) is 0 Å². The molecule has 0 aliphatic rings. The lowest BCUT2D eigenvalue weighted by molar-refractivity contribution is -0.115. The number of rotatable bonds is 5. The number of carbonyl (C=O) groups excluding carboxylic acids is 1. The second-order valence-electron chi connectivity index (χ2n) is 7.16. The van der Waals surface area contributed by atoms with Crippen LogP contribution in [0.4, 0.5) is 5.69 Å². The van der Waals surface area contributed by atoms with Crippen LogP contribution in [-0.2, 0) is 11.2 Å². The maximum atomic E-state index is 12.1. The summed E-state index contributed by atoms with van der Waals surface area (Å²) in [5, 5.41) is 16.2. The molecule has 2 aromatic heterocycles. The van der Waals surface area contributed by atoms with E-state index in [0.717, 1.165) is 17.5 Å². The van der Waals surface area contributed by atoms with Crippen molar-refractivity contribution in [1.29, 1.82) is 0 Å². The van der Waals surface area contributed by atoms with Gasteiger partial charge in [-0.25, -0.2) is 4.98 Å². The van der Waals surface area contributed by atoms with Crippen molar-refractivity contribution in [3.05, 3.63) is 71.7 Å². The van der Waals surface area contributed by atoms with E-state index in [4.69, 9.17) is 21.1 Å². The van der Waals surface area contributed by atoms with Crippen LogP contribution in [0.3, 0.4) is 0 Å². The van der Waals surface area contributed by atoms with Crippen LogP contribution in [0.25, 0.3) is 28.6 Å². The molecule has 0 aliphatic carbocycles. The summed E-state index contributed by atoms with van der Waals surface area (Å²) < 4.78 is 11.0. The number of aromatic nitrogens is 1. The zero-order valence-corrected chi connectivity index (χ0v) is 18.3. The molecule has 32 heavy (non-hydrogen) atoms. The van der Waals surface area contributed by atoms with Gasteiger partial charge in [0.15, 0.2) is 10.7 Å². The minimum absolute atomic E-state index is 0.0640. The first kappa shape index (κ1) is 21.3. The van der Waals surface area contributed by atoms with E-state index in [1.165, 1.54) is 18.4 Å². The highest BCUT2D eigenvalue weighted by Crippen LogP contribution is 2.36. The van der Waals surface area contributed by atoms with Gasteiger partial charge >= 0.3 is 0 Å². The number of anilines is 1. The SMILES string of the molecule is CCc1ccc2oc(-c3cc(NC(=S)NC(=O)C=Cc4ccco4)cc(C)c3O)nc2c1. The largest absolute Gasteiger partial charge is 0.507 e. The number of nitrogens with one attached hydrogen (secondary N) is 2. The summed E-state index contributed by atoms with van der Waals surface area (Å²) in [7, 11) is 0. The molecular formula is C24H21N3O4S. The maximum Gasteiger partial charge on any atom is 0.250 e. The average Bonchev–Trinajstić information content (AvgIpc) is 3.43. The van der Waals surface area contributed by atoms with Crippen molar-refractivity contribution in [3.8, 4) is 17.2 Å². The van der Waals surface area contributed by atoms with E-state index in [1.54, 1.807) is 31.2 Å². The molecular weight excluding hydrogens is 426 g/mol. The fourth-order valence-electron chi connectivity index (χ4n) is 3.18. The zero-order chi connectivity index (χ0) is 22.7. The summed E-state index contributed by atoms with van der Waals surface area (Å²) in [6.07, 6.45) is 5.27. The summed E-state index contributed by atoms with van der Waals surface area (Å²) in [6, 6.07) is 12.7. The van der Waals surface area contributed by atoms with Crippen LogP contribution in [0.1, 0.15) is 23.8 Å². The number of oxazole rings is 1. The molecule has 3 N–H and O–H groups in total. The molecule has 162 valence electrons. The number of thiocarbonyl (C=S) groups is 1. The Kier molecular flexibility index (Phi) is 6.04. The molecule has 0 saturated carbocycles. The summed E-state index contributed by atoms with van der Waals surface area (Å²) in [6.45, 7) is 3.83. The molecule has 2 aromatic carbocycles. The van der Waals surface area contributed by atoms with Crippen LogP contribution in [0.15, 0.2) is 63.6 Å². The Morgan fingerprint density at radius 3 is 2.84 bits per heavy atom. The fourth-order valence-corrected chi connectivity index (χ4v) is 3.40. The van der Waals surface area contributed by atoms with Gasteiger partial charge in [-0.1, -0.05) is 13.0 Å². The third-order valence-electron chi connectivity index (χ3n) is 4.83. The molecule has 4 aromatic rings. The Morgan fingerprint density at radius 1 is 1.25 bits per heavy atom. The van der Waals surface area contributed by atoms with Gasteiger partial charge in [0.2, 0.25) is 11.8 Å². The van der Waals surface area contributed by atoms with E-state index in [9.17, 15) is 9.90 Å². The number of benzene rings is 2. The second-order valence-corrected chi connectivity index (χ2v) is 7.56. The first-order chi connectivity index (χ1) is 15.4. The summed E-state index contributed by atoms with van der Waals surface area (Å²) >= 11 is 5.24. The molecule has 0 bridgehead atoms. The summed E-state index contributed by atoms with van der Waals surface area (Å²) in [4.78, 5) is 16.6. The van der Waals surface area contributed by atoms with E-state index in [1.807, 2.05) is 18.2 Å². The molecule has 7 nitrogen and oxygen atoms in total. The van der Waals surface area contributed by atoms with Gasteiger partial charge in [-0.05, 0) is 79.2 Å². The number of aromatic hydroxyl groups is 1. The van der Waals surface area contributed by atoms with Gasteiger partial charge in [0.05, 0.1) is 11.8 Å². The summed E-state index contributed by atoms with van der Waals surface area (Å²) in [5.74, 6) is 0.519. The number of furan rings is 1. The van der Waals surface area contributed by atoms with Crippen molar-refractivity contribution in [2.45, 2.75) is 20.3 Å². The maximum absolute atomic E-state index is 12.1. The number of hydrogen-bond donors (Lipinski definition) is 3. The lowest BCUT2D eigenvalue weighted by atomic mass is 10.1. The number of carbonyl (C=O) groups is 1. The Balaban J connectivity index is 1.53. The topological polar surface area (TPSA) is 101 Å². The van der Waals surface area contributed by atoms with Crippen molar-refractivity contribution in [2.75, 3.05) is 5.32 Å². The van der Waals surface area contributed by atoms with Gasteiger partial charge in [0, 0.05) is 11.8 Å². The lowest BCUT2D eigenvalue weighted by Crippen LogP contribution is -2.32. The van der Waals surface area contributed by atoms with Gasteiger partial charge in [-0.15, -0.1) is 0 Å². The van der Waals surface area contributed by atoms with E-state index in [2.05, 4.69) is 22.5 Å². The van der Waals surface area contributed by atoms with Gasteiger partial charge < -0.3 is 19.3 Å². The van der Waals surface area contributed by atoms with E-state index >= 15 is 0 Å². The number of fused-ring (bicyclic) bond motifs is 1. The second kappa shape index (κ2) is 9.07. The van der Waals surface area contributed by atoms with Crippen molar-refractivity contribution in [3.63, 3.8) is 0 Å². The average molecular weight is 448 g/mol. The Morgan fingerprint density at radius 2 is 2.09 bits per heavy atom. The van der Waals surface area contributed by atoms with Crippen molar-refractivity contribution >= 4 is 46.1 Å². The Labute approximate surface area is 189 Å². The van der Waals surface area contributed by atoms with Gasteiger partial charge in [0.25, 0.3) is 0 Å². The number of nitrogens with zero attached hydrogens (tertiary/aromatic N) is 1. The quantitative estimate of drug-likeness (QED) is 0.220. The first-order valence-electron chi connectivity index (χ1n) is 10.00. The number of phenolic OH excluding ortho intramolecular Hbond substituents is 1. The Bertz CT molecular complexity index is 1320. The number of aryl methyl sites for hydroxylation is 2. The van der Waals surface area contributed by atoms with Gasteiger partial charge in [-0.2, -0.15) is 0 Å².